The topological polar surface area (TPSA) is 52.6 Å². The van der Waals surface area contributed by atoms with Gasteiger partial charge in [-0.25, -0.2) is 0 Å². The van der Waals surface area contributed by atoms with Crippen LogP contribution in [0.1, 0.15) is 38.5 Å². The van der Waals surface area contributed by atoms with Crippen molar-refractivity contribution in [3.63, 3.8) is 0 Å². The van der Waals surface area contributed by atoms with E-state index in [0.717, 1.165) is 25.7 Å². The van der Waals surface area contributed by atoms with Gasteiger partial charge in [0.1, 0.15) is 13.2 Å². The van der Waals surface area contributed by atoms with Gasteiger partial charge in [0.2, 0.25) is 0 Å². The van der Waals surface area contributed by atoms with E-state index in [1.807, 2.05) is 0 Å². The Morgan fingerprint density at radius 2 is 1.55 bits per heavy atom. The monoisotopic (exact) mass is 306 g/mol. The Morgan fingerprint density at radius 1 is 0.909 bits per heavy atom. The average molecular weight is 306 g/mol. The molecule has 2 fully saturated rings. The summed E-state index contributed by atoms with van der Waals surface area (Å²) < 4.78 is 10.5. The van der Waals surface area contributed by atoms with Gasteiger partial charge in [-0.3, -0.25) is 9.59 Å². The van der Waals surface area contributed by atoms with Crippen LogP contribution >= 0.6 is 0 Å². The highest BCUT2D eigenvalue weighted by Crippen LogP contribution is 2.47. The molecule has 22 heavy (non-hydrogen) atoms. The summed E-state index contributed by atoms with van der Waals surface area (Å²) in [5.41, 5.74) is 0. The summed E-state index contributed by atoms with van der Waals surface area (Å²) >= 11 is 0. The van der Waals surface area contributed by atoms with Crippen molar-refractivity contribution in [2.45, 2.75) is 38.5 Å². The van der Waals surface area contributed by atoms with Crippen LogP contribution in [0.15, 0.2) is 25.3 Å². The highest BCUT2D eigenvalue weighted by molar-refractivity contribution is 5.82. The van der Waals surface area contributed by atoms with Crippen molar-refractivity contribution in [2.24, 2.45) is 23.7 Å². The number of fused-ring (bicyclic) bond motifs is 1. The zero-order valence-electron chi connectivity index (χ0n) is 13.2. The molecule has 2 rings (SSSR count). The molecule has 0 aromatic carbocycles. The van der Waals surface area contributed by atoms with Gasteiger partial charge in [-0.05, 0) is 31.1 Å². The van der Waals surface area contributed by atoms with E-state index in [1.165, 1.54) is 6.42 Å². The largest absolute Gasteiger partial charge is 0.461 e. The van der Waals surface area contributed by atoms with Gasteiger partial charge in [-0.2, -0.15) is 0 Å². The van der Waals surface area contributed by atoms with Crippen LogP contribution in [0.25, 0.3) is 0 Å². The van der Waals surface area contributed by atoms with Crippen LogP contribution in [-0.2, 0) is 19.1 Å². The maximum absolute atomic E-state index is 12.5. The van der Waals surface area contributed by atoms with Crippen LogP contribution in [0.5, 0.6) is 0 Å². The lowest BCUT2D eigenvalue weighted by molar-refractivity contribution is -0.167. The lowest BCUT2D eigenvalue weighted by atomic mass is 9.61. The quantitative estimate of drug-likeness (QED) is 0.558. The molecule has 0 aromatic rings. The fourth-order valence-electron chi connectivity index (χ4n) is 4.03. The first kappa shape index (κ1) is 16.8. The second-order valence-electron chi connectivity index (χ2n) is 6.26. The molecule has 2 aliphatic rings. The summed E-state index contributed by atoms with van der Waals surface area (Å²) in [6, 6.07) is 0. The molecule has 2 saturated carbocycles. The molecule has 0 spiro atoms. The molecule has 4 atom stereocenters. The SMILES string of the molecule is C=CCOC(=O)C1CCC2CCCCC2C1C(=O)OCC=C. The van der Waals surface area contributed by atoms with Crippen LogP contribution in [-0.4, -0.2) is 25.2 Å². The maximum Gasteiger partial charge on any atom is 0.310 e. The van der Waals surface area contributed by atoms with Crippen molar-refractivity contribution in [1.82, 2.24) is 0 Å². The average Bonchev–Trinajstić information content (AvgIpc) is 2.56. The highest BCUT2D eigenvalue weighted by atomic mass is 16.5. The number of esters is 2. The molecule has 0 N–H and O–H groups in total. The molecular formula is C18H26O4. The van der Waals surface area contributed by atoms with Crippen LogP contribution in [0.3, 0.4) is 0 Å². The van der Waals surface area contributed by atoms with Gasteiger partial charge in [-0.1, -0.05) is 44.6 Å². The number of hydrogen-bond donors (Lipinski definition) is 0. The van der Waals surface area contributed by atoms with Crippen molar-refractivity contribution in [3.8, 4) is 0 Å². The summed E-state index contributed by atoms with van der Waals surface area (Å²) in [4.78, 5) is 24.8. The van der Waals surface area contributed by atoms with E-state index in [-0.39, 0.29) is 42.9 Å². The fraction of sp³-hybridized carbons (Fsp3) is 0.667. The number of carbonyl (C=O) groups is 2. The Balaban J connectivity index is 2.14. The molecule has 0 bridgehead atoms. The minimum atomic E-state index is -0.378. The summed E-state index contributed by atoms with van der Waals surface area (Å²) in [7, 11) is 0. The number of hydrogen-bond acceptors (Lipinski definition) is 4. The second kappa shape index (κ2) is 8.16. The van der Waals surface area contributed by atoms with Crippen LogP contribution in [0.4, 0.5) is 0 Å². The minimum Gasteiger partial charge on any atom is -0.461 e. The van der Waals surface area contributed by atoms with Gasteiger partial charge in [0, 0.05) is 0 Å². The molecule has 0 aliphatic heterocycles. The standard InChI is InChI=1S/C18H26O4/c1-3-11-21-17(19)15-10-9-13-7-5-6-8-14(13)16(15)18(20)22-12-4-2/h3-4,13-16H,1-2,5-12H2. The van der Waals surface area contributed by atoms with E-state index in [9.17, 15) is 9.59 Å². The third kappa shape index (κ3) is 3.79. The molecular weight excluding hydrogens is 280 g/mol. The Hall–Kier alpha value is -1.58. The zero-order chi connectivity index (χ0) is 15.9. The zero-order valence-corrected chi connectivity index (χ0v) is 13.2. The predicted molar refractivity (Wildman–Crippen MR) is 84.0 cm³/mol. The summed E-state index contributed by atoms with van der Waals surface area (Å²) in [6.45, 7) is 7.52. The maximum atomic E-state index is 12.5. The summed E-state index contributed by atoms with van der Waals surface area (Å²) in [5, 5.41) is 0. The first-order valence-electron chi connectivity index (χ1n) is 8.24. The molecule has 4 heteroatoms. The lowest BCUT2D eigenvalue weighted by Crippen LogP contribution is -2.45. The second-order valence-corrected chi connectivity index (χ2v) is 6.26. The summed E-state index contributed by atoms with van der Waals surface area (Å²) in [6.07, 6.45) is 9.34. The van der Waals surface area contributed by atoms with Crippen LogP contribution in [0, 0.1) is 23.7 Å². The summed E-state index contributed by atoms with van der Waals surface area (Å²) in [5.74, 6) is -0.506. The first-order valence-corrected chi connectivity index (χ1v) is 8.24. The van der Waals surface area contributed by atoms with E-state index in [2.05, 4.69) is 13.2 Å². The molecule has 122 valence electrons. The Bertz CT molecular complexity index is 429. The smallest absolute Gasteiger partial charge is 0.310 e. The Labute approximate surface area is 132 Å². The molecule has 0 amide bonds. The van der Waals surface area contributed by atoms with Crippen molar-refractivity contribution in [1.29, 1.82) is 0 Å². The normalized spacial score (nSPS) is 30.7. The number of rotatable bonds is 6. The molecule has 2 aliphatic carbocycles. The number of carbonyl (C=O) groups excluding carboxylic acids is 2. The Morgan fingerprint density at radius 3 is 2.23 bits per heavy atom. The molecule has 4 unspecified atom stereocenters. The molecule has 0 saturated heterocycles. The van der Waals surface area contributed by atoms with E-state index in [1.54, 1.807) is 12.2 Å². The molecule has 0 radical (unpaired) electrons. The van der Waals surface area contributed by atoms with Crippen molar-refractivity contribution in [2.75, 3.05) is 13.2 Å². The van der Waals surface area contributed by atoms with Gasteiger partial charge in [0.25, 0.3) is 0 Å². The van der Waals surface area contributed by atoms with Gasteiger partial charge < -0.3 is 9.47 Å². The van der Waals surface area contributed by atoms with Crippen molar-refractivity contribution in [3.05, 3.63) is 25.3 Å². The van der Waals surface area contributed by atoms with Gasteiger partial charge >= 0.3 is 11.9 Å². The number of ether oxygens (including phenoxy) is 2. The van der Waals surface area contributed by atoms with Gasteiger partial charge in [0.15, 0.2) is 0 Å². The molecule has 0 heterocycles. The first-order chi connectivity index (χ1) is 10.7. The van der Waals surface area contributed by atoms with E-state index in [0.29, 0.717) is 12.3 Å². The van der Waals surface area contributed by atoms with Crippen molar-refractivity contribution >= 4 is 11.9 Å². The molecule has 0 aromatic heterocycles. The van der Waals surface area contributed by atoms with Crippen LogP contribution < -0.4 is 0 Å². The van der Waals surface area contributed by atoms with Crippen LogP contribution in [0.2, 0.25) is 0 Å². The minimum absolute atomic E-state index is 0.192. The predicted octanol–water partition coefficient (Wildman–Crippen LogP) is 3.28. The van der Waals surface area contributed by atoms with Gasteiger partial charge in [0.05, 0.1) is 11.8 Å². The van der Waals surface area contributed by atoms with E-state index < -0.39 is 0 Å². The molecule has 4 nitrogen and oxygen atoms in total. The third-order valence-electron chi connectivity index (χ3n) is 4.97. The highest BCUT2D eigenvalue weighted by Gasteiger charge is 2.48. The van der Waals surface area contributed by atoms with Crippen molar-refractivity contribution < 1.29 is 19.1 Å². The Kier molecular flexibility index (Phi) is 6.22. The lowest BCUT2D eigenvalue weighted by Gasteiger charge is -2.43. The fourth-order valence-corrected chi connectivity index (χ4v) is 4.03. The third-order valence-corrected chi connectivity index (χ3v) is 4.97. The van der Waals surface area contributed by atoms with E-state index >= 15 is 0 Å². The van der Waals surface area contributed by atoms with Gasteiger partial charge in [-0.15, -0.1) is 0 Å². The van der Waals surface area contributed by atoms with E-state index in [4.69, 9.17) is 9.47 Å².